The molecule has 136 valence electrons. The molecule has 0 aromatic heterocycles. The zero-order chi connectivity index (χ0) is 18.2. The highest BCUT2D eigenvalue weighted by atomic mass is 16.5. The van der Waals surface area contributed by atoms with Gasteiger partial charge in [0, 0.05) is 5.92 Å². The summed E-state index contributed by atoms with van der Waals surface area (Å²) in [4.78, 5) is 0. The van der Waals surface area contributed by atoms with Crippen molar-refractivity contribution in [2.75, 3.05) is 20.3 Å². The molecule has 1 atom stereocenters. The minimum Gasteiger partial charge on any atom is -0.493 e. The fourth-order valence-corrected chi connectivity index (χ4v) is 2.95. The third-order valence-corrected chi connectivity index (χ3v) is 4.53. The summed E-state index contributed by atoms with van der Waals surface area (Å²) in [5, 5.41) is 0. The molecule has 2 N–H and O–H groups in total. The van der Waals surface area contributed by atoms with Gasteiger partial charge in [0.15, 0.2) is 11.5 Å². The summed E-state index contributed by atoms with van der Waals surface area (Å²) in [5.41, 5.74) is 9.92. The van der Waals surface area contributed by atoms with Crippen molar-refractivity contribution in [1.82, 2.24) is 0 Å². The van der Waals surface area contributed by atoms with Gasteiger partial charge in [-0.2, -0.15) is 0 Å². The van der Waals surface area contributed by atoms with E-state index < -0.39 is 0 Å². The average molecular weight is 341 g/mol. The molecule has 25 heavy (non-hydrogen) atoms. The third kappa shape index (κ3) is 5.23. The number of nitrogens with two attached hydrogens (primary N) is 1. The van der Waals surface area contributed by atoms with Crippen molar-refractivity contribution < 1.29 is 9.47 Å². The van der Waals surface area contributed by atoms with Gasteiger partial charge < -0.3 is 15.2 Å². The van der Waals surface area contributed by atoms with Crippen molar-refractivity contribution in [2.24, 2.45) is 5.73 Å². The number of hydrogen-bond acceptors (Lipinski definition) is 3. The third-order valence-electron chi connectivity index (χ3n) is 4.53. The van der Waals surface area contributed by atoms with Crippen molar-refractivity contribution in [3.63, 3.8) is 0 Å². The summed E-state index contributed by atoms with van der Waals surface area (Å²) in [6.07, 6.45) is 1.87. The zero-order valence-corrected chi connectivity index (χ0v) is 15.9. The maximum Gasteiger partial charge on any atom is 0.161 e. The van der Waals surface area contributed by atoms with E-state index in [1.807, 2.05) is 6.07 Å². The molecule has 0 heterocycles. The van der Waals surface area contributed by atoms with Gasteiger partial charge in [-0.15, -0.1) is 0 Å². The lowest BCUT2D eigenvalue weighted by molar-refractivity contribution is 0.294. The molecule has 0 aliphatic rings. The van der Waals surface area contributed by atoms with Crippen LogP contribution in [0.2, 0.25) is 0 Å². The van der Waals surface area contributed by atoms with Gasteiger partial charge in [0.05, 0.1) is 13.7 Å². The van der Waals surface area contributed by atoms with Crippen molar-refractivity contribution in [1.29, 1.82) is 0 Å². The number of benzene rings is 2. The van der Waals surface area contributed by atoms with Crippen LogP contribution < -0.4 is 15.2 Å². The lowest BCUT2D eigenvalue weighted by atomic mass is 9.90. The first-order valence-electron chi connectivity index (χ1n) is 9.18. The lowest BCUT2D eigenvalue weighted by Crippen LogP contribution is -2.15. The quantitative estimate of drug-likeness (QED) is 0.706. The van der Waals surface area contributed by atoms with Gasteiger partial charge >= 0.3 is 0 Å². The van der Waals surface area contributed by atoms with E-state index in [1.54, 1.807) is 7.11 Å². The second kappa shape index (κ2) is 9.47. The molecule has 0 radical (unpaired) electrons. The second-order valence-electron chi connectivity index (χ2n) is 6.79. The van der Waals surface area contributed by atoms with Gasteiger partial charge in [0.2, 0.25) is 0 Å². The van der Waals surface area contributed by atoms with E-state index in [1.165, 1.54) is 16.7 Å². The Morgan fingerprint density at radius 1 is 0.960 bits per heavy atom. The molecule has 0 aliphatic carbocycles. The van der Waals surface area contributed by atoms with Gasteiger partial charge in [-0.25, -0.2) is 0 Å². The molecule has 0 saturated carbocycles. The zero-order valence-electron chi connectivity index (χ0n) is 15.9. The monoisotopic (exact) mass is 341 g/mol. The molecule has 2 aromatic rings. The molecule has 2 rings (SSSR count). The van der Waals surface area contributed by atoms with E-state index in [0.717, 1.165) is 24.3 Å². The molecule has 3 heteroatoms. The van der Waals surface area contributed by atoms with Gasteiger partial charge in [-0.3, -0.25) is 0 Å². The molecule has 0 fully saturated rings. The van der Waals surface area contributed by atoms with Gasteiger partial charge in [0.25, 0.3) is 0 Å². The van der Waals surface area contributed by atoms with Crippen LogP contribution in [0.5, 0.6) is 11.5 Å². The van der Waals surface area contributed by atoms with Crippen LogP contribution in [0.15, 0.2) is 42.5 Å². The Hall–Kier alpha value is -2.00. The number of methoxy groups -OCH3 is 1. The Kier molecular flexibility index (Phi) is 7.32. The highest BCUT2D eigenvalue weighted by molar-refractivity contribution is 5.43. The van der Waals surface area contributed by atoms with E-state index in [4.69, 9.17) is 15.2 Å². The molecule has 0 saturated heterocycles. The maximum absolute atomic E-state index is 6.06. The standard InChI is InChI=1S/C22H31NO2/c1-5-12-25-21-11-6-17(14-22(21)24-4)13-20(15-23)19-9-7-18(8-10-19)16(2)3/h6-11,14,16,20H,5,12-13,15,23H2,1-4H3. The van der Waals surface area contributed by atoms with E-state index in [-0.39, 0.29) is 0 Å². The smallest absolute Gasteiger partial charge is 0.161 e. The van der Waals surface area contributed by atoms with Gasteiger partial charge in [-0.1, -0.05) is 51.1 Å². The molecular formula is C22H31NO2. The van der Waals surface area contributed by atoms with Crippen LogP contribution >= 0.6 is 0 Å². The van der Waals surface area contributed by atoms with Crippen LogP contribution in [0.4, 0.5) is 0 Å². The van der Waals surface area contributed by atoms with Crippen LogP contribution in [0.25, 0.3) is 0 Å². The summed E-state index contributed by atoms with van der Waals surface area (Å²) < 4.78 is 11.2. The Morgan fingerprint density at radius 2 is 1.64 bits per heavy atom. The normalized spacial score (nSPS) is 12.2. The fourth-order valence-electron chi connectivity index (χ4n) is 2.95. The van der Waals surface area contributed by atoms with Crippen LogP contribution in [0.1, 0.15) is 55.7 Å². The predicted molar refractivity (Wildman–Crippen MR) is 105 cm³/mol. The Labute approximate surface area is 152 Å². The topological polar surface area (TPSA) is 44.5 Å². The van der Waals surface area contributed by atoms with E-state index in [0.29, 0.717) is 25.0 Å². The minimum atomic E-state index is 0.299. The second-order valence-corrected chi connectivity index (χ2v) is 6.79. The van der Waals surface area contributed by atoms with E-state index in [2.05, 4.69) is 57.2 Å². The first kappa shape index (κ1) is 19.3. The SMILES string of the molecule is CCCOc1ccc(CC(CN)c2ccc(C(C)C)cc2)cc1OC. The van der Waals surface area contributed by atoms with Crippen LogP contribution in [0.3, 0.4) is 0 Å². The molecule has 2 aromatic carbocycles. The van der Waals surface area contributed by atoms with Gasteiger partial charge in [0.1, 0.15) is 0 Å². The Bertz CT molecular complexity index is 650. The fraction of sp³-hybridized carbons (Fsp3) is 0.455. The van der Waals surface area contributed by atoms with Crippen molar-refractivity contribution >= 4 is 0 Å². The molecule has 0 spiro atoms. The van der Waals surface area contributed by atoms with Crippen LogP contribution in [-0.2, 0) is 6.42 Å². The summed E-state index contributed by atoms with van der Waals surface area (Å²) >= 11 is 0. The summed E-state index contributed by atoms with van der Waals surface area (Å²) in [5.74, 6) is 2.44. The van der Waals surface area contributed by atoms with Crippen molar-refractivity contribution in [2.45, 2.75) is 45.4 Å². The predicted octanol–water partition coefficient (Wildman–Crippen LogP) is 4.89. The van der Waals surface area contributed by atoms with Gasteiger partial charge in [-0.05, 0) is 54.1 Å². The van der Waals surface area contributed by atoms with E-state index >= 15 is 0 Å². The van der Waals surface area contributed by atoms with Crippen LogP contribution in [0, 0.1) is 0 Å². The molecular weight excluding hydrogens is 310 g/mol. The Balaban J connectivity index is 2.15. The summed E-state index contributed by atoms with van der Waals surface area (Å²) in [7, 11) is 1.68. The highest BCUT2D eigenvalue weighted by Gasteiger charge is 2.13. The molecule has 3 nitrogen and oxygen atoms in total. The molecule has 0 amide bonds. The van der Waals surface area contributed by atoms with Crippen molar-refractivity contribution in [3.05, 3.63) is 59.2 Å². The molecule has 0 aliphatic heterocycles. The minimum absolute atomic E-state index is 0.299. The summed E-state index contributed by atoms with van der Waals surface area (Å²) in [6.45, 7) is 7.84. The maximum atomic E-state index is 6.06. The van der Waals surface area contributed by atoms with Crippen LogP contribution in [-0.4, -0.2) is 20.3 Å². The molecule has 1 unspecified atom stereocenters. The lowest BCUT2D eigenvalue weighted by Gasteiger charge is -2.18. The first-order valence-corrected chi connectivity index (χ1v) is 9.18. The average Bonchev–Trinajstić information content (AvgIpc) is 2.64. The van der Waals surface area contributed by atoms with E-state index in [9.17, 15) is 0 Å². The first-order chi connectivity index (χ1) is 12.1. The summed E-state index contributed by atoms with van der Waals surface area (Å²) in [6, 6.07) is 15.0. The number of hydrogen-bond donors (Lipinski definition) is 1. The van der Waals surface area contributed by atoms with Crippen molar-refractivity contribution in [3.8, 4) is 11.5 Å². The largest absolute Gasteiger partial charge is 0.493 e. The highest BCUT2D eigenvalue weighted by Crippen LogP contribution is 2.30. The number of ether oxygens (including phenoxy) is 2. The Morgan fingerprint density at radius 3 is 2.20 bits per heavy atom. The molecule has 0 bridgehead atoms. The number of rotatable bonds is 9.